The number of hydrogen-bond donors (Lipinski definition) is 1. The van der Waals surface area contributed by atoms with E-state index in [1.165, 1.54) is 11.3 Å². The number of esters is 1. The van der Waals surface area contributed by atoms with Gasteiger partial charge in [0.1, 0.15) is 11.5 Å². The van der Waals surface area contributed by atoms with Crippen LogP contribution in [0.4, 0.5) is 5.69 Å². The molecule has 6 heteroatoms. The number of nitrogens with zero attached hydrogens (tertiary/aromatic N) is 2. The third-order valence-corrected chi connectivity index (χ3v) is 7.23. The average Bonchev–Trinajstić information content (AvgIpc) is 3.27. The van der Waals surface area contributed by atoms with Gasteiger partial charge in [-0.05, 0) is 36.6 Å². The minimum Gasteiger partial charge on any atom is -0.483 e. The lowest BCUT2D eigenvalue weighted by molar-refractivity contribution is -0.144. The molecule has 1 unspecified atom stereocenters. The summed E-state index contributed by atoms with van der Waals surface area (Å²) in [5.74, 6) is -0.117. The maximum absolute atomic E-state index is 13.3. The molecule has 6 nitrogen and oxygen atoms in total. The lowest BCUT2D eigenvalue weighted by atomic mass is 9.72. The maximum Gasteiger partial charge on any atom is 0.321 e. The van der Waals surface area contributed by atoms with Gasteiger partial charge < -0.3 is 14.7 Å². The van der Waals surface area contributed by atoms with Crippen LogP contribution >= 0.6 is 0 Å². The second-order valence-electron chi connectivity index (χ2n) is 9.43. The smallest absolute Gasteiger partial charge is 0.321 e. The Morgan fingerprint density at radius 2 is 1.42 bits per heavy atom. The Bertz CT molecular complexity index is 1070. The van der Waals surface area contributed by atoms with Gasteiger partial charge in [-0.25, -0.2) is 0 Å². The van der Waals surface area contributed by atoms with E-state index in [4.69, 9.17) is 14.6 Å². The molecule has 188 valence electrons. The number of benzene rings is 3. The van der Waals surface area contributed by atoms with Gasteiger partial charge >= 0.3 is 5.97 Å². The first kappa shape index (κ1) is 25.5. The van der Waals surface area contributed by atoms with Gasteiger partial charge in [0, 0.05) is 44.8 Å². The predicted octanol–water partition coefficient (Wildman–Crippen LogP) is 4.51. The molecule has 3 aromatic carbocycles. The number of rotatable bonds is 6. The average molecular weight is 487 g/mol. The zero-order valence-corrected chi connectivity index (χ0v) is 20.8. The van der Waals surface area contributed by atoms with E-state index in [0.717, 1.165) is 50.3 Å². The van der Waals surface area contributed by atoms with Gasteiger partial charge in [-0.3, -0.25) is 14.5 Å². The van der Waals surface area contributed by atoms with E-state index < -0.39 is 5.41 Å². The summed E-state index contributed by atoms with van der Waals surface area (Å²) in [5, 5.41) is 6.89. The van der Waals surface area contributed by atoms with E-state index in [2.05, 4.69) is 65.3 Å². The van der Waals surface area contributed by atoms with Crippen LogP contribution in [0.2, 0.25) is 0 Å². The molecule has 36 heavy (non-hydrogen) atoms. The van der Waals surface area contributed by atoms with Crippen LogP contribution < -0.4 is 4.90 Å². The highest BCUT2D eigenvalue weighted by molar-refractivity contribution is 5.89. The fraction of sp³-hybridized carbons (Fsp3) is 0.333. The molecule has 1 N–H and O–H groups in total. The summed E-state index contributed by atoms with van der Waals surface area (Å²) in [7, 11) is 0. The molecule has 2 aliphatic rings. The molecule has 0 aliphatic carbocycles. The number of carboxylic acid groups (broad SMARTS) is 1. The van der Waals surface area contributed by atoms with Crippen LogP contribution in [0.15, 0.2) is 84.9 Å². The Morgan fingerprint density at radius 3 is 1.94 bits per heavy atom. The summed E-state index contributed by atoms with van der Waals surface area (Å²) in [5.41, 5.74) is 3.94. The molecule has 0 saturated carbocycles. The van der Waals surface area contributed by atoms with Gasteiger partial charge in [0.05, 0.1) is 0 Å². The monoisotopic (exact) mass is 486 g/mol. The molecular weight excluding hydrogens is 452 g/mol. The van der Waals surface area contributed by atoms with Gasteiger partial charge in [0.2, 0.25) is 0 Å². The fourth-order valence-electron chi connectivity index (χ4n) is 5.27. The van der Waals surface area contributed by atoms with Crippen molar-refractivity contribution in [1.29, 1.82) is 0 Å². The topological polar surface area (TPSA) is 70.1 Å². The van der Waals surface area contributed by atoms with Crippen LogP contribution in [-0.4, -0.2) is 61.3 Å². The fourth-order valence-corrected chi connectivity index (χ4v) is 5.27. The van der Waals surface area contributed by atoms with Crippen LogP contribution in [0.1, 0.15) is 29.5 Å². The van der Waals surface area contributed by atoms with E-state index in [1.807, 2.05) is 36.4 Å². The van der Waals surface area contributed by atoms with Crippen molar-refractivity contribution in [2.45, 2.75) is 31.3 Å². The van der Waals surface area contributed by atoms with Crippen molar-refractivity contribution >= 4 is 18.1 Å². The highest BCUT2D eigenvalue weighted by Crippen LogP contribution is 2.44. The Hall–Kier alpha value is -3.64. The summed E-state index contributed by atoms with van der Waals surface area (Å²) < 4.78 is 6.00. The lowest BCUT2D eigenvalue weighted by Crippen LogP contribution is -2.47. The molecule has 0 bridgehead atoms. The van der Waals surface area contributed by atoms with Crippen molar-refractivity contribution in [2.75, 3.05) is 37.6 Å². The minimum atomic E-state index is -0.711. The third kappa shape index (κ3) is 5.60. The minimum absolute atomic E-state index is 0.0620. The molecular formula is C30H34N2O4. The van der Waals surface area contributed by atoms with E-state index in [-0.39, 0.29) is 18.5 Å². The summed E-state index contributed by atoms with van der Waals surface area (Å²) in [4.78, 5) is 26.7. The van der Waals surface area contributed by atoms with E-state index in [9.17, 15) is 4.79 Å². The molecule has 0 amide bonds. The molecule has 2 fully saturated rings. The van der Waals surface area contributed by atoms with Crippen molar-refractivity contribution in [3.63, 3.8) is 0 Å². The van der Waals surface area contributed by atoms with E-state index >= 15 is 0 Å². The molecule has 5 rings (SSSR count). The zero-order valence-electron chi connectivity index (χ0n) is 20.8. The van der Waals surface area contributed by atoms with E-state index in [1.54, 1.807) is 0 Å². The van der Waals surface area contributed by atoms with Gasteiger partial charge in [0.15, 0.2) is 0 Å². The molecule has 2 aliphatic heterocycles. The second-order valence-corrected chi connectivity index (χ2v) is 9.43. The van der Waals surface area contributed by atoms with Crippen molar-refractivity contribution in [1.82, 2.24) is 4.90 Å². The van der Waals surface area contributed by atoms with Crippen LogP contribution in [0.25, 0.3) is 0 Å². The summed E-state index contributed by atoms with van der Waals surface area (Å²) >= 11 is 0. The number of ether oxygens (including phenoxy) is 1. The highest BCUT2D eigenvalue weighted by atomic mass is 16.6. The highest BCUT2D eigenvalue weighted by Gasteiger charge is 2.51. The summed E-state index contributed by atoms with van der Waals surface area (Å²) in [6.45, 7) is 6.98. The Labute approximate surface area is 213 Å². The number of hydrogen-bond acceptors (Lipinski definition) is 5. The first-order valence-electron chi connectivity index (χ1n) is 12.5. The lowest BCUT2D eigenvalue weighted by Gasteiger charge is -2.36. The molecule has 0 spiro atoms. The number of aryl methyl sites for hydroxylation is 1. The van der Waals surface area contributed by atoms with Crippen LogP contribution in [0.5, 0.6) is 0 Å². The SMILES string of the molecule is Cc1ccc(N2CCN(CCC3CC(c4ccccc4)(c4ccccc4)C(=O)O3)CC2)cc1.O=CO. The number of carbonyl (C=O) groups is 2. The van der Waals surface area contributed by atoms with Crippen LogP contribution in [0, 0.1) is 6.92 Å². The Kier molecular flexibility index (Phi) is 8.39. The van der Waals surface area contributed by atoms with Crippen LogP contribution in [-0.2, 0) is 19.7 Å². The number of carbonyl (C=O) groups excluding carboxylic acids is 1. The maximum atomic E-state index is 13.3. The summed E-state index contributed by atoms with van der Waals surface area (Å²) in [6, 6.07) is 29.1. The molecule has 3 aromatic rings. The van der Waals surface area contributed by atoms with Crippen molar-refractivity contribution in [3.8, 4) is 0 Å². The number of anilines is 1. The predicted molar refractivity (Wildman–Crippen MR) is 141 cm³/mol. The molecule has 2 saturated heterocycles. The van der Waals surface area contributed by atoms with Crippen molar-refractivity contribution in [3.05, 3.63) is 102 Å². The Morgan fingerprint density at radius 1 is 0.889 bits per heavy atom. The van der Waals surface area contributed by atoms with Gasteiger partial charge in [0.25, 0.3) is 6.47 Å². The molecule has 1 atom stereocenters. The molecule has 2 heterocycles. The van der Waals surface area contributed by atoms with Gasteiger partial charge in [-0.2, -0.15) is 0 Å². The second kappa shape index (κ2) is 11.9. The summed E-state index contributed by atoms with van der Waals surface area (Å²) in [6.07, 6.45) is 1.51. The largest absolute Gasteiger partial charge is 0.483 e. The molecule has 0 radical (unpaired) electrons. The first-order chi connectivity index (χ1) is 17.6. The number of cyclic esters (lactones) is 1. The van der Waals surface area contributed by atoms with Gasteiger partial charge in [-0.1, -0.05) is 78.4 Å². The standard InChI is InChI=1S/C29H32N2O2.CH2O2/c1-23-12-14-26(15-13-23)31-20-18-30(19-21-31)17-16-27-22-29(28(32)33-27,24-8-4-2-5-9-24)25-10-6-3-7-11-25;2-1-3/h2-15,27H,16-22H2,1H3;1H,(H,2,3). The van der Waals surface area contributed by atoms with Crippen molar-refractivity contribution in [2.24, 2.45) is 0 Å². The van der Waals surface area contributed by atoms with E-state index in [0.29, 0.717) is 6.42 Å². The first-order valence-corrected chi connectivity index (χ1v) is 12.5. The zero-order chi connectivity index (χ0) is 25.4. The van der Waals surface area contributed by atoms with Crippen LogP contribution in [0.3, 0.4) is 0 Å². The van der Waals surface area contributed by atoms with Crippen molar-refractivity contribution < 1.29 is 19.4 Å². The number of piperazine rings is 1. The normalized spacial score (nSPS) is 19.2. The Balaban J connectivity index is 0.000000967. The molecule has 0 aromatic heterocycles. The third-order valence-electron chi connectivity index (χ3n) is 7.23. The quantitative estimate of drug-likeness (QED) is 0.408. The van der Waals surface area contributed by atoms with Gasteiger partial charge in [-0.15, -0.1) is 0 Å².